The number of aromatic nitrogens is 1. The normalized spacial score (nSPS) is 15.6. The molecule has 0 saturated carbocycles. The van der Waals surface area contributed by atoms with Gasteiger partial charge in [0.1, 0.15) is 16.4 Å². The third-order valence-corrected chi connectivity index (χ3v) is 6.90. The van der Waals surface area contributed by atoms with Gasteiger partial charge >= 0.3 is 0 Å². The molecule has 2 aromatic carbocycles. The molecule has 0 radical (unpaired) electrons. The lowest BCUT2D eigenvalue weighted by Crippen LogP contribution is -2.50. The Kier molecular flexibility index (Phi) is 4.93. The second kappa shape index (κ2) is 7.41. The SMILES string of the molecule is O=C(c1cc2ccccc2c(=O)[nH]1)N1CCN(S(=O)(=O)c2ccccc2F)CC1. The van der Waals surface area contributed by atoms with E-state index in [4.69, 9.17) is 0 Å². The molecule has 1 amide bonds. The van der Waals surface area contributed by atoms with Gasteiger partial charge in [-0.15, -0.1) is 0 Å². The van der Waals surface area contributed by atoms with E-state index in [0.29, 0.717) is 10.8 Å². The maximum atomic E-state index is 13.9. The van der Waals surface area contributed by atoms with Crippen LogP contribution in [0.2, 0.25) is 0 Å². The lowest BCUT2D eigenvalue weighted by Gasteiger charge is -2.34. The van der Waals surface area contributed by atoms with Crippen LogP contribution in [0.25, 0.3) is 10.8 Å². The fourth-order valence-corrected chi connectivity index (χ4v) is 4.91. The minimum atomic E-state index is -3.98. The molecule has 2 heterocycles. The summed E-state index contributed by atoms with van der Waals surface area (Å²) >= 11 is 0. The van der Waals surface area contributed by atoms with Gasteiger partial charge in [0.15, 0.2) is 0 Å². The van der Waals surface area contributed by atoms with Gasteiger partial charge in [0.25, 0.3) is 11.5 Å². The highest BCUT2D eigenvalue weighted by Gasteiger charge is 2.32. The van der Waals surface area contributed by atoms with Crippen LogP contribution in [0, 0.1) is 5.82 Å². The Morgan fingerprint density at radius 2 is 1.62 bits per heavy atom. The van der Waals surface area contributed by atoms with Gasteiger partial charge in [-0.1, -0.05) is 30.3 Å². The van der Waals surface area contributed by atoms with Crippen LogP contribution in [-0.2, 0) is 10.0 Å². The van der Waals surface area contributed by atoms with Gasteiger partial charge < -0.3 is 9.88 Å². The molecule has 1 fully saturated rings. The minimum Gasteiger partial charge on any atom is -0.335 e. The van der Waals surface area contributed by atoms with E-state index in [-0.39, 0.29) is 48.2 Å². The number of pyridine rings is 1. The van der Waals surface area contributed by atoms with Crippen LogP contribution in [0.1, 0.15) is 10.5 Å². The van der Waals surface area contributed by atoms with Crippen LogP contribution < -0.4 is 5.56 Å². The van der Waals surface area contributed by atoms with Crippen molar-refractivity contribution in [2.24, 2.45) is 0 Å². The van der Waals surface area contributed by atoms with Crippen LogP contribution in [0.15, 0.2) is 64.3 Å². The topological polar surface area (TPSA) is 90.6 Å². The van der Waals surface area contributed by atoms with Crippen LogP contribution in [0.5, 0.6) is 0 Å². The van der Waals surface area contributed by atoms with E-state index < -0.39 is 15.8 Å². The number of carbonyl (C=O) groups is 1. The molecule has 1 aromatic heterocycles. The van der Waals surface area contributed by atoms with E-state index in [1.807, 2.05) is 0 Å². The summed E-state index contributed by atoms with van der Waals surface area (Å²) in [6.07, 6.45) is 0. The Bertz CT molecular complexity index is 1250. The van der Waals surface area contributed by atoms with Crippen molar-refractivity contribution in [2.45, 2.75) is 4.90 Å². The fourth-order valence-electron chi connectivity index (χ4n) is 3.42. The number of benzene rings is 2. The molecule has 9 heteroatoms. The highest BCUT2D eigenvalue weighted by atomic mass is 32.2. The van der Waals surface area contributed by atoms with Crippen LogP contribution in [-0.4, -0.2) is 54.7 Å². The quantitative estimate of drug-likeness (QED) is 0.707. The van der Waals surface area contributed by atoms with E-state index in [9.17, 15) is 22.4 Å². The van der Waals surface area contributed by atoms with Gasteiger partial charge in [-0.2, -0.15) is 4.31 Å². The molecule has 1 saturated heterocycles. The van der Waals surface area contributed by atoms with Crippen LogP contribution in [0.4, 0.5) is 4.39 Å². The molecule has 0 bridgehead atoms. The lowest BCUT2D eigenvalue weighted by atomic mass is 10.1. The number of sulfonamides is 1. The van der Waals surface area contributed by atoms with E-state index in [1.54, 1.807) is 30.3 Å². The van der Waals surface area contributed by atoms with Gasteiger partial charge in [0.05, 0.1) is 0 Å². The van der Waals surface area contributed by atoms with Gasteiger partial charge in [-0.05, 0) is 29.7 Å². The zero-order chi connectivity index (χ0) is 20.6. The minimum absolute atomic E-state index is 0.0419. The number of H-pyrrole nitrogens is 1. The van der Waals surface area contributed by atoms with Gasteiger partial charge in [-0.3, -0.25) is 9.59 Å². The zero-order valence-corrected chi connectivity index (χ0v) is 16.2. The second-order valence-electron chi connectivity index (χ2n) is 6.73. The van der Waals surface area contributed by atoms with Crippen LogP contribution >= 0.6 is 0 Å². The average molecular weight is 415 g/mol. The number of aromatic amines is 1. The number of nitrogens with one attached hydrogen (secondary N) is 1. The number of hydrogen-bond donors (Lipinski definition) is 1. The first-order valence-electron chi connectivity index (χ1n) is 9.04. The smallest absolute Gasteiger partial charge is 0.270 e. The summed E-state index contributed by atoms with van der Waals surface area (Å²) in [5.41, 5.74) is -0.202. The monoisotopic (exact) mass is 415 g/mol. The van der Waals surface area contributed by atoms with Crippen molar-refractivity contribution in [1.29, 1.82) is 0 Å². The molecule has 7 nitrogen and oxygen atoms in total. The van der Waals surface area contributed by atoms with Crippen molar-refractivity contribution < 1.29 is 17.6 Å². The Balaban J connectivity index is 1.52. The van der Waals surface area contributed by atoms with E-state index in [0.717, 1.165) is 6.07 Å². The summed E-state index contributed by atoms with van der Waals surface area (Å²) in [4.78, 5) is 28.7. The summed E-state index contributed by atoms with van der Waals surface area (Å²) in [6.45, 7) is 0.364. The maximum absolute atomic E-state index is 13.9. The third-order valence-electron chi connectivity index (χ3n) is 4.96. The first-order chi connectivity index (χ1) is 13.9. The Hall–Kier alpha value is -3.04. The third kappa shape index (κ3) is 3.54. The molecule has 1 aliphatic rings. The molecular weight excluding hydrogens is 397 g/mol. The van der Waals surface area contributed by atoms with E-state index in [2.05, 4.69) is 4.98 Å². The summed E-state index contributed by atoms with van der Waals surface area (Å²) < 4.78 is 40.5. The summed E-state index contributed by atoms with van der Waals surface area (Å²) in [7, 11) is -3.98. The summed E-state index contributed by atoms with van der Waals surface area (Å²) in [5.74, 6) is -1.18. The highest BCUT2D eigenvalue weighted by molar-refractivity contribution is 7.89. The number of piperazine rings is 1. The van der Waals surface area contributed by atoms with Crippen molar-refractivity contribution in [3.63, 3.8) is 0 Å². The first kappa shape index (κ1) is 19.3. The van der Waals surface area contributed by atoms with E-state index >= 15 is 0 Å². The molecule has 0 atom stereocenters. The Morgan fingerprint density at radius 3 is 2.34 bits per heavy atom. The molecule has 29 heavy (non-hydrogen) atoms. The Labute approximate surface area is 166 Å². The maximum Gasteiger partial charge on any atom is 0.270 e. The van der Waals surface area contributed by atoms with Crippen molar-refractivity contribution >= 4 is 26.7 Å². The zero-order valence-electron chi connectivity index (χ0n) is 15.3. The van der Waals surface area contributed by atoms with Gasteiger partial charge in [0, 0.05) is 31.6 Å². The molecule has 0 aliphatic carbocycles. The number of hydrogen-bond acceptors (Lipinski definition) is 4. The number of carbonyl (C=O) groups excluding carboxylic acids is 1. The van der Waals surface area contributed by atoms with Gasteiger partial charge in [-0.25, -0.2) is 12.8 Å². The van der Waals surface area contributed by atoms with Crippen molar-refractivity contribution in [3.8, 4) is 0 Å². The second-order valence-corrected chi connectivity index (χ2v) is 8.63. The largest absolute Gasteiger partial charge is 0.335 e. The highest BCUT2D eigenvalue weighted by Crippen LogP contribution is 2.21. The molecule has 0 spiro atoms. The molecule has 0 unspecified atom stereocenters. The fraction of sp³-hybridized carbons (Fsp3) is 0.200. The van der Waals surface area contributed by atoms with Crippen molar-refractivity contribution in [1.82, 2.24) is 14.2 Å². The number of amides is 1. The van der Waals surface area contributed by atoms with Crippen molar-refractivity contribution in [3.05, 3.63) is 76.5 Å². The number of rotatable bonds is 3. The lowest BCUT2D eigenvalue weighted by molar-refractivity contribution is 0.0691. The summed E-state index contributed by atoms with van der Waals surface area (Å²) in [6, 6.07) is 13.8. The predicted molar refractivity (Wildman–Crippen MR) is 106 cm³/mol. The molecule has 4 rings (SSSR count). The predicted octanol–water partition coefficient (Wildman–Crippen LogP) is 1.81. The molecule has 1 aliphatic heterocycles. The first-order valence-corrected chi connectivity index (χ1v) is 10.5. The Morgan fingerprint density at radius 1 is 0.966 bits per heavy atom. The number of fused-ring (bicyclic) bond motifs is 1. The standard InChI is InChI=1S/C20H18FN3O4S/c21-16-7-3-4-8-18(16)29(27,28)24-11-9-23(10-12-24)20(26)17-13-14-5-1-2-6-15(14)19(25)22-17/h1-8,13H,9-12H2,(H,22,25). The molecule has 1 N–H and O–H groups in total. The van der Waals surface area contributed by atoms with Crippen molar-refractivity contribution in [2.75, 3.05) is 26.2 Å². The van der Waals surface area contributed by atoms with Crippen LogP contribution in [0.3, 0.4) is 0 Å². The molecule has 150 valence electrons. The van der Waals surface area contributed by atoms with Gasteiger partial charge in [0.2, 0.25) is 10.0 Å². The molecular formula is C20H18FN3O4S. The molecule has 3 aromatic rings. The summed E-state index contributed by atoms with van der Waals surface area (Å²) in [5, 5.41) is 1.14. The average Bonchev–Trinajstić information content (AvgIpc) is 2.73. The number of nitrogens with zero attached hydrogens (tertiary/aromatic N) is 2. The number of halogens is 1. The van der Waals surface area contributed by atoms with E-state index in [1.165, 1.54) is 27.4 Å².